The lowest BCUT2D eigenvalue weighted by Crippen LogP contribution is -2.21. The van der Waals surface area contributed by atoms with Crippen LogP contribution in [0, 0.1) is 13.8 Å². The Morgan fingerprint density at radius 2 is 1.87 bits per heavy atom. The van der Waals surface area contributed by atoms with E-state index >= 15 is 0 Å². The predicted molar refractivity (Wildman–Crippen MR) is 120 cm³/mol. The molecule has 0 saturated heterocycles. The van der Waals surface area contributed by atoms with Crippen LogP contribution in [0.4, 0.5) is 5.69 Å². The average Bonchev–Trinajstić information content (AvgIpc) is 3.24. The van der Waals surface area contributed by atoms with Crippen LogP contribution < -0.4 is 5.32 Å². The number of nitrogens with zero attached hydrogens (tertiary/aromatic N) is 4. The monoisotopic (exact) mass is 421 g/mol. The number of benzene rings is 2. The molecule has 4 rings (SSSR count). The zero-order chi connectivity index (χ0) is 20.9. The lowest BCUT2D eigenvalue weighted by atomic mass is 9.96. The second-order valence-electron chi connectivity index (χ2n) is 7.91. The first kappa shape index (κ1) is 20.6. The zero-order valence-corrected chi connectivity index (χ0v) is 18.2. The summed E-state index contributed by atoms with van der Waals surface area (Å²) in [6, 6.07) is 16.2. The standard InChI is InChI=1S/C23H27N5OS/c1-16-13-14-17(2)20(15-16)24-22(29)21(18-9-5-3-6-10-18)30-23-25-26-27-28(23)19-11-7-4-8-12-19/h3,5-6,9-10,13-15,19,21H,4,7-8,11-12H2,1-2H3,(H,24,29). The Balaban J connectivity index is 1.61. The van der Waals surface area contributed by atoms with Gasteiger partial charge in [0.1, 0.15) is 5.25 Å². The van der Waals surface area contributed by atoms with E-state index in [2.05, 4.69) is 20.8 Å². The van der Waals surface area contributed by atoms with Gasteiger partial charge in [-0.05, 0) is 59.9 Å². The summed E-state index contributed by atoms with van der Waals surface area (Å²) in [5.41, 5.74) is 3.93. The molecule has 30 heavy (non-hydrogen) atoms. The van der Waals surface area contributed by atoms with Crippen molar-refractivity contribution in [3.63, 3.8) is 0 Å². The molecule has 1 aromatic heterocycles. The van der Waals surface area contributed by atoms with Crippen LogP contribution in [0.2, 0.25) is 0 Å². The lowest BCUT2D eigenvalue weighted by molar-refractivity contribution is -0.115. The summed E-state index contributed by atoms with van der Waals surface area (Å²) in [5, 5.41) is 15.8. The molecule has 1 heterocycles. The summed E-state index contributed by atoms with van der Waals surface area (Å²) in [6.07, 6.45) is 5.84. The van der Waals surface area contributed by atoms with Gasteiger partial charge in [0.05, 0.1) is 6.04 Å². The van der Waals surface area contributed by atoms with Crippen LogP contribution in [0.3, 0.4) is 0 Å². The highest BCUT2D eigenvalue weighted by Crippen LogP contribution is 2.38. The second-order valence-corrected chi connectivity index (χ2v) is 8.99. The highest BCUT2D eigenvalue weighted by Gasteiger charge is 2.28. The van der Waals surface area contributed by atoms with Crippen LogP contribution >= 0.6 is 11.8 Å². The number of thioether (sulfide) groups is 1. The smallest absolute Gasteiger partial charge is 0.242 e. The van der Waals surface area contributed by atoms with Gasteiger partial charge in [0.2, 0.25) is 11.1 Å². The number of carbonyl (C=O) groups is 1. The fraction of sp³-hybridized carbons (Fsp3) is 0.391. The molecule has 1 atom stereocenters. The maximum absolute atomic E-state index is 13.4. The van der Waals surface area contributed by atoms with Crippen molar-refractivity contribution >= 4 is 23.4 Å². The molecule has 0 spiro atoms. The van der Waals surface area contributed by atoms with Gasteiger partial charge in [-0.15, -0.1) is 5.10 Å². The highest BCUT2D eigenvalue weighted by atomic mass is 32.2. The van der Waals surface area contributed by atoms with Crippen molar-refractivity contribution in [1.29, 1.82) is 0 Å². The maximum atomic E-state index is 13.4. The molecule has 0 aliphatic heterocycles. The van der Waals surface area contributed by atoms with Gasteiger partial charge < -0.3 is 5.32 Å². The van der Waals surface area contributed by atoms with E-state index < -0.39 is 5.25 Å². The molecule has 6 nitrogen and oxygen atoms in total. The van der Waals surface area contributed by atoms with Crippen molar-refractivity contribution < 1.29 is 4.79 Å². The van der Waals surface area contributed by atoms with Crippen LogP contribution in [-0.4, -0.2) is 26.1 Å². The number of hydrogen-bond donors (Lipinski definition) is 1. The van der Waals surface area contributed by atoms with E-state index in [4.69, 9.17) is 0 Å². The molecule has 1 amide bonds. The normalized spacial score (nSPS) is 15.7. The minimum absolute atomic E-state index is 0.0712. The van der Waals surface area contributed by atoms with Gasteiger partial charge in [-0.1, -0.05) is 73.5 Å². The van der Waals surface area contributed by atoms with E-state index in [1.54, 1.807) is 0 Å². The maximum Gasteiger partial charge on any atom is 0.242 e. The largest absolute Gasteiger partial charge is 0.325 e. The number of carbonyl (C=O) groups excluding carboxylic acids is 1. The van der Waals surface area contributed by atoms with Crippen LogP contribution in [-0.2, 0) is 4.79 Å². The Kier molecular flexibility index (Phi) is 6.47. The minimum Gasteiger partial charge on any atom is -0.325 e. The van der Waals surface area contributed by atoms with Crippen LogP contribution in [0.25, 0.3) is 0 Å². The Morgan fingerprint density at radius 3 is 2.63 bits per heavy atom. The van der Waals surface area contributed by atoms with Gasteiger partial charge in [0.15, 0.2) is 0 Å². The van der Waals surface area contributed by atoms with Crippen molar-refractivity contribution in [2.24, 2.45) is 0 Å². The first-order chi connectivity index (χ1) is 14.6. The number of tetrazole rings is 1. The Bertz CT molecular complexity index is 998. The molecule has 7 heteroatoms. The van der Waals surface area contributed by atoms with E-state index in [9.17, 15) is 4.79 Å². The van der Waals surface area contributed by atoms with Gasteiger partial charge in [0.25, 0.3) is 0 Å². The molecular weight excluding hydrogens is 394 g/mol. The molecular formula is C23H27N5OS. The SMILES string of the molecule is Cc1ccc(C)c(NC(=O)C(Sc2nnnn2C2CCCCC2)c2ccccc2)c1. The van der Waals surface area contributed by atoms with Gasteiger partial charge in [-0.25, -0.2) is 4.68 Å². The molecule has 156 valence electrons. The van der Waals surface area contributed by atoms with E-state index in [1.807, 2.05) is 67.1 Å². The number of rotatable bonds is 6. The number of aromatic nitrogens is 4. The third-order valence-corrected chi connectivity index (χ3v) is 6.80. The molecule has 1 fully saturated rings. The molecule has 1 saturated carbocycles. The van der Waals surface area contributed by atoms with E-state index in [1.165, 1.54) is 31.0 Å². The molecule has 1 unspecified atom stereocenters. The summed E-state index contributed by atoms with van der Waals surface area (Å²) < 4.78 is 1.92. The molecule has 0 radical (unpaired) electrons. The Labute approximate surface area is 181 Å². The number of amides is 1. The topological polar surface area (TPSA) is 72.7 Å². The van der Waals surface area contributed by atoms with Crippen LogP contribution in [0.5, 0.6) is 0 Å². The quantitative estimate of drug-likeness (QED) is 0.549. The summed E-state index contributed by atoms with van der Waals surface area (Å²) in [7, 11) is 0. The van der Waals surface area contributed by atoms with Crippen LogP contribution in [0.15, 0.2) is 53.7 Å². The first-order valence-corrected chi connectivity index (χ1v) is 11.4. The molecule has 1 aliphatic carbocycles. The molecule has 0 bridgehead atoms. The Hall–Kier alpha value is -2.67. The summed E-state index contributed by atoms with van der Waals surface area (Å²) in [5.74, 6) is -0.0712. The van der Waals surface area contributed by atoms with Gasteiger partial charge >= 0.3 is 0 Å². The average molecular weight is 422 g/mol. The van der Waals surface area contributed by atoms with E-state index in [-0.39, 0.29) is 5.91 Å². The predicted octanol–water partition coefficient (Wildman–Crippen LogP) is 5.27. The molecule has 1 N–H and O–H groups in total. The second kappa shape index (κ2) is 9.43. The number of aryl methyl sites for hydroxylation is 2. The third kappa shape index (κ3) is 4.73. The van der Waals surface area contributed by atoms with Crippen molar-refractivity contribution in [3.05, 3.63) is 65.2 Å². The first-order valence-electron chi connectivity index (χ1n) is 10.5. The summed E-state index contributed by atoms with van der Waals surface area (Å²) in [4.78, 5) is 13.4. The van der Waals surface area contributed by atoms with Gasteiger partial charge in [0, 0.05) is 5.69 Å². The van der Waals surface area contributed by atoms with E-state index in [0.717, 1.165) is 35.2 Å². The van der Waals surface area contributed by atoms with E-state index in [0.29, 0.717) is 11.2 Å². The molecule has 1 aliphatic rings. The summed E-state index contributed by atoms with van der Waals surface area (Å²) in [6.45, 7) is 4.03. The minimum atomic E-state index is -0.445. The number of nitrogens with one attached hydrogen (secondary N) is 1. The van der Waals surface area contributed by atoms with Gasteiger partial charge in [-0.2, -0.15) is 0 Å². The zero-order valence-electron chi connectivity index (χ0n) is 17.4. The summed E-state index contributed by atoms with van der Waals surface area (Å²) >= 11 is 1.42. The van der Waals surface area contributed by atoms with Crippen molar-refractivity contribution in [2.75, 3.05) is 5.32 Å². The van der Waals surface area contributed by atoms with Crippen molar-refractivity contribution in [2.45, 2.75) is 62.4 Å². The fourth-order valence-corrected chi connectivity index (χ4v) is 4.94. The van der Waals surface area contributed by atoms with Crippen molar-refractivity contribution in [1.82, 2.24) is 20.2 Å². The van der Waals surface area contributed by atoms with Crippen molar-refractivity contribution in [3.8, 4) is 0 Å². The number of anilines is 1. The van der Waals surface area contributed by atoms with Crippen LogP contribution in [0.1, 0.15) is 60.1 Å². The number of hydrogen-bond acceptors (Lipinski definition) is 5. The highest BCUT2D eigenvalue weighted by molar-refractivity contribution is 8.00. The lowest BCUT2D eigenvalue weighted by Gasteiger charge is -2.23. The molecule has 2 aromatic carbocycles. The third-order valence-electron chi connectivity index (χ3n) is 5.60. The fourth-order valence-electron chi connectivity index (χ4n) is 3.89. The van der Waals surface area contributed by atoms with Gasteiger partial charge in [-0.3, -0.25) is 4.79 Å². The Morgan fingerprint density at radius 1 is 1.10 bits per heavy atom. The molecule has 3 aromatic rings.